The van der Waals surface area contributed by atoms with Crippen LogP contribution in [0.2, 0.25) is 0 Å². The van der Waals surface area contributed by atoms with E-state index in [9.17, 15) is 18.0 Å². The van der Waals surface area contributed by atoms with Crippen LogP contribution in [0.15, 0.2) is 54.9 Å². The van der Waals surface area contributed by atoms with E-state index < -0.39 is 24.4 Å². The minimum absolute atomic E-state index is 0.112. The summed E-state index contributed by atoms with van der Waals surface area (Å²) >= 11 is 0. The third kappa shape index (κ3) is 4.22. The number of carbonyl (C=O) groups is 1. The quantitative estimate of drug-likeness (QED) is 0.907. The molecule has 0 aliphatic carbocycles. The Hall–Kier alpha value is -2.41. The number of alkyl halides is 3. The van der Waals surface area contributed by atoms with Crippen LogP contribution in [0, 0.1) is 0 Å². The van der Waals surface area contributed by atoms with Gasteiger partial charge in [-0.2, -0.15) is 13.2 Å². The summed E-state index contributed by atoms with van der Waals surface area (Å²) in [5.41, 5.74) is 0.928. The van der Waals surface area contributed by atoms with Gasteiger partial charge in [-0.3, -0.25) is 9.78 Å². The number of carbonyl (C=O) groups excluding carboxylic acids is 1. The van der Waals surface area contributed by atoms with Crippen LogP contribution in [0.5, 0.6) is 0 Å². The summed E-state index contributed by atoms with van der Waals surface area (Å²) in [6.45, 7) is 1.43. The molecule has 26 heavy (non-hydrogen) atoms. The van der Waals surface area contributed by atoms with Crippen molar-refractivity contribution in [2.24, 2.45) is 0 Å². The van der Waals surface area contributed by atoms with Crippen LogP contribution in [0.25, 0.3) is 0 Å². The fraction of sp³-hybridized carbons (Fsp3) is 0.368. The van der Waals surface area contributed by atoms with E-state index in [1.807, 2.05) is 6.07 Å². The van der Waals surface area contributed by atoms with Crippen LogP contribution in [0.4, 0.5) is 13.2 Å². The molecular formula is C19H20F3N3O. The van der Waals surface area contributed by atoms with Gasteiger partial charge in [-0.25, -0.2) is 0 Å². The summed E-state index contributed by atoms with van der Waals surface area (Å²) in [5, 5.41) is 3.19. The van der Waals surface area contributed by atoms with Crippen LogP contribution in [0.3, 0.4) is 0 Å². The van der Waals surface area contributed by atoms with Crippen molar-refractivity contribution in [2.75, 3.05) is 19.6 Å². The second-order valence-corrected chi connectivity index (χ2v) is 6.30. The Morgan fingerprint density at radius 2 is 2.00 bits per heavy atom. The van der Waals surface area contributed by atoms with Crippen LogP contribution in [0.1, 0.15) is 29.5 Å². The summed E-state index contributed by atoms with van der Waals surface area (Å²) in [6.07, 6.45) is -1.80. The second-order valence-electron chi connectivity index (χ2n) is 6.30. The van der Waals surface area contributed by atoms with E-state index in [1.54, 1.807) is 36.7 Å². The average molecular weight is 363 g/mol. The number of nitrogens with zero attached hydrogens (tertiary/aromatic N) is 2. The van der Waals surface area contributed by atoms with Gasteiger partial charge in [-0.05, 0) is 17.2 Å². The van der Waals surface area contributed by atoms with Crippen molar-refractivity contribution in [2.45, 2.75) is 24.6 Å². The van der Waals surface area contributed by atoms with Gasteiger partial charge < -0.3 is 10.2 Å². The highest BCUT2D eigenvalue weighted by atomic mass is 19.4. The third-order valence-electron chi connectivity index (χ3n) is 4.61. The third-order valence-corrected chi connectivity index (χ3v) is 4.61. The highest BCUT2D eigenvalue weighted by Gasteiger charge is 2.43. The van der Waals surface area contributed by atoms with Gasteiger partial charge in [0.2, 0.25) is 5.91 Å². The standard InChI is InChI=1S/C19H20F3N3O/c20-19(21,22)16(14-5-2-1-3-6-14)11-18(26)25-10-9-24-13-17(25)15-7-4-8-23-12-15/h1-8,12,16-17,24H,9-11,13H2. The molecule has 0 bridgehead atoms. The number of amides is 1. The first-order valence-electron chi connectivity index (χ1n) is 8.48. The number of hydrogen-bond donors (Lipinski definition) is 1. The van der Waals surface area contributed by atoms with Crippen molar-refractivity contribution in [3.63, 3.8) is 0 Å². The van der Waals surface area contributed by atoms with E-state index in [1.165, 1.54) is 17.0 Å². The number of rotatable bonds is 4. The van der Waals surface area contributed by atoms with Gasteiger partial charge in [0.1, 0.15) is 0 Å². The predicted octanol–water partition coefficient (Wildman–Crippen LogP) is 3.29. The molecule has 1 amide bonds. The first-order valence-corrected chi connectivity index (χ1v) is 8.48. The van der Waals surface area contributed by atoms with E-state index in [4.69, 9.17) is 0 Å². The van der Waals surface area contributed by atoms with E-state index >= 15 is 0 Å². The molecule has 1 aromatic carbocycles. The molecule has 1 aliphatic heterocycles. The lowest BCUT2D eigenvalue weighted by molar-refractivity contribution is -0.162. The molecule has 2 unspecified atom stereocenters. The molecule has 2 heterocycles. The molecule has 2 aromatic rings. The van der Waals surface area contributed by atoms with Gasteiger partial charge in [-0.1, -0.05) is 36.4 Å². The van der Waals surface area contributed by atoms with Gasteiger partial charge in [0, 0.05) is 38.4 Å². The molecule has 4 nitrogen and oxygen atoms in total. The average Bonchev–Trinajstić information content (AvgIpc) is 2.66. The molecule has 0 spiro atoms. The van der Waals surface area contributed by atoms with E-state index in [0.717, 1.165) is 5.56 Å². The van der Waals surface area contributed by atoms with Gasteiger partial charge in [-0.15, -0.1) is 0 Å². The summed E-state index contributed by atoms with van der Waals surface area (Å²) in [5.74, 6) is -2.30. The molecule has 3 rings (SSSR count). The summed E-state index contributed by atoms with van der Waals surface area (Å²) in [6, 6.07) is 10.9. The fourth-order valence-corrected chi connectivity index (χ4v) is 3.27. The van der Waals surface area contributed by atoms with Crippen molar-refractivity contribution in [1.82, 2.24) is 15.2 Å². The summed E-state index contributed by atoms with van der Waals surface area (Å²) in [7, 11) is 0. The number of pyridine rings is 1. The second kappa shape index (κ2) is 7.86. The van der Waals surface area contributed by atoms with Crippen molar-refractivity contribution in [1.29, 1.82) is 0 Å². The Bertz CT molecular complexity index is 722. The fourth-order valence-electron chi connectivity index (χ4n) is 3.27. The molecule has 1 aliphatic rings. The van der Waals surface area contributed by atoms with Crippen LogP contribution in [-0.4, -0.2) is 41.6 Å². The maximum Gasteiger partial charge on any atom is 0.396 e. The monoisotopic (exact) mass is 363 g/mol. The first-order chi connectivity index (χ1) is 12.5. The zero-order valence-electron chi connectivity index (χ0n) is 14.1. The Labute approximate surface area is 150 Å². The SMILES string of the molecule is O=C(CC(c1ccccc1)C(F)(F)F)N1CCNCC1c1cccnc1. The number of aromatic nitrogens is 1. The normalized spacial score (nSPS) is 19.2. The Kier molecular flexibility index (Phi) is 5.56. The molecule has 0 radical (unpaired) electrons. The number of halogens is 3. The van der Waals surface area contributed by atoms with Gasteiger partial charge in [0.25, 0.3) is 0 Å². The maximum atomic E-state index is 13.6. The number of benzene rings is 1. The molecule has 7 heteroatoms. The molecule has 2 atom stereocenters. The minimum Gasteiger partial charge on any atom is -0.333 e. The van der Waals surface area contributed by atoms with Gasteiger partial charge in [0.15, 0.2) is 0 Å². The van der Waals surface area contributed by atoms with Crippen LogP contribution < -0.4 is 5.32 Å². The highest BCUT2D eigenvalue weighted by Crippen LogP contribution is 2.38. The molecule has 1 fully saturated rings. The van der Waals surface area contributed by atoms with E-state index in [0.29, 0.717) is 19.6 Å². The van der Waals surface area contributed by atoms with Crippen LogP contribution in [-0.2, 0) is 4.79 Å². The lowest BCUT2D eigenvalue weighted by Crippen LogP contribution is -2.49. The number of hydrogen-bond acceptors (Lipinski definition) is 3. The molecule has 1 aromatic heterocycles. The molecule has 138 valence electrons. The highest BCUT2D eigenvalue weighted by molar-refractivity contribution is 5.78. The lowest BCUT2D eigenvalue weighted by Gasteiger charge is -2.37. The van der Waals surface area contributed by atoms with Crippen molar-refractivity contribution >= 4 is 5.91 Å². The van der Waals surface area contributed by atoms with E-state index in [-0.39, 0.29) is 11.6 Å². The minimum atomic E-state index is -4.48. The van der Waals surface area contributed by atoms with Gasteiger partial charge >= 0.3 is 6.18 Å². The lowest BCUT2D eigenvalue weighted by atomic mass is 9.93. The topological polar surface area (TPSA) is 45.2 Å². The number of nitrogens with one attached hydrogen (secondary N) is 1. The Morgan fingerprint density at radius 1 is 1.23 bits per heavy atom. The van der Waals surface area contributed by atoms with Crippen molar-refractivity contribution in [3.05, 3.63) is 66.0 Å². The Morgan fingerprint density at radius 3 is 2.65 bits per heavy atom. The molecule has 1 saturated heterocycles. The smallest absolute Gasteiger partial charge is 0.333 e. The summed E-state index contributed by atoms with van der Waals surface area (Å²) in [4.78, 5) is 18.4. The van der Waals surface area contributed by atoms with Crippen LogP contribution >= 0.6 is 0 Å². The zero-order chi connectivity index (χ0) is 18.6. The van der Waals surface area contributed by atoms with Gasteiger partial charge in [0.05, 0.1) is 12.0 Å². The van der Waals surface area contributed by atoms with Crippen molar-refractivity contribution in [3.8, 4) is 0 Å². The number of piperazine rings is 1. The zero-order valence-corrected chi connectivity index (χ0v) is 14.1. The largest absolute Gasteiger partial charge is 0.396 e. The molecule has 0 saturated carbocycles. The summed E-state index contributed by atoms with van der Waals surface area (Å²) < 4.78 is 40.7. The predicted molar refractivity (Wildman–Crippen MR) is 91.4 cm³/mol. The first kappa shape index (κ1) is 18.4. The Balaban J connectivity index is 1.82. The van der Waals surface area contributed by atoms with Crippen molar-refractivity contribution < 1.29 is 18.0 Å². The maximum absolute atomic E-state index is 13.6. The molecular weight excluding hydrogens is 343 g/mol. The molecule has 1 N–H and O–H groups in total. The van der Waals surface area contributed by atoms with E-state index in [2.05, 4.69) is 10.3 Å².